The van der Waals surface area contributed by atoms with Crippen molar-refractivity contribution in [2.24, 2.45) is 0 Å². The highest BCUT2D eigenvalue weighted by atomic mass is 16.5. The number of aryl methyl sites for hydroxylation is 1. The molecule has 5 heteroatoms. The Morgan fingerprint density at radius 2 is 1.79 bits per heavy atom. The number of carbonyl (C=O) groups is 1. The Kier molecular flexibility index (Phi) is 5.47. The molecule has 2 rings (SSSR count). The first-order chi connectivity index (χ1) is 11.4. The van der Waals surface area contributed by atoms with Crippen LogP contribution >= 0.6 is 0 Å². The van der Waals surface area contributed by atoms with Crippen LogP contribution in [0, 0.1) is 6.92 Å². The van der Waals surface area contributed by atoms with E-state index in [2.05, 4.69) is 5.32 Å². The maximum absolute atomic E-state index is 12.4. The third-order valence-electron chi connectivity index (χ3n) is 3.61. The van der Waals surface area contributed by atoms with E-state index in [1.165, 1.54) is 0 Å². The number of nitrogens with two attached hydrogens (primary N) is 1. The zero-order valence-electron chi connectivity index (χ0n) is 14.3. The molecule has 24 heavy (non-hydrogen) atoms. The van der Waals surface area contributed by atoms with Crippen molar-refractivity contribution in [2.45, 2.75) is 13.8 Å². The number of nitrogens with one attached hydrogen (secondary N) is 1. The van der Waals surface area contributed by atoms with E-state index in [0.717, 1.165) is 11.1 Å². The summed E-state index contributed by atoms with van der Waals surface area (Å²) in [6.45, 7) is 3.69. The van der Waals surface area contributed by atoms with Gasteiger partial charge in [-0.15, -0.1) is 0 Å². The quantitative estimate of drug-likeness (QED) is 0.650. The molecular weight excluding hydrogens is 304 g/mol. The van der Waals surface area contributed by atoms with Gasteiger partial charge in [0.25, 0.3) is 5.91 Å². The molecule has 0 aliphatic rings. The third kappa shape index (κ3) is 4.07. The summed E-state index contributed by atoms with van der Waals surface area (Å²) in [4.78, 5) is 12.4. The number of carbonyl (C=O) groups excluding carboxylic acids is 1. The summed E-state index contributed by atoms with van der Waals surface area (Å²) in [5.41, 5.74) is 9.47. The molecule has 2 aromatic rings. The van der Waals surface area contributed by atoms with Crippen LogP contribution in [-0.2, 0) is 4.79 Å². The van der Waals surface area contributed by atoms with E-state index in [4.69, 9.17) is 15.2 Å². The Balaban J connectivity index is 2.21. The van der Waals surface area contributed by atoms with Crippen LogP contribution in [0.4, 0.5) is 11.4 Å². The van der Waals surface area contributed by atoms with Gasteiger partial charge in [0.2, 0.25) is 0 Å². The van der Waals surface area contributed by atoms with Crippen LogP contribution in [0.1, 0.15) is 18.1 Å². The van der Waals surface area contributed by atoms with Gasteiger partial charge in [-0.3, -0.25) is 4.79 Å². The molecule has 0 aliphatic carbocycles. The second-order valence-electron chi connectivity index (χ2n) is 5.49. The van der Waals surface area contributed by atoms with Crippen LogP contribution in [0.3, 0.4) is 0 Å². The van der Waals surface area contributed by atoms with Crippen molar-refractivity contribution >= 4 is 23.4 Å². The Morgan fingerprint density at radius 1 is 1.08 bits per heavy atom. The van der Waals surface area contributed by atoms with Crippen LogP contribution in [0.5, 0.6) is 11.5 Å². The molecular formula is C19H22N2O3. The molecule has 0 atom stereocenters. The Labute approximate surface area is 142 Å². The van der Waals surface area contributed by atoms with Crippen LogP contribution in [0.15, 0.2) is 42.0 Å². The molecule has 1 amide bonds. The molecule has 126 valence electrons. The molecule has 0 heterocycles. The summed E-state index contributed by atoms with van der Waals surface area (Å²) >= 11 is 0. The first-order valence-electron chi connectivity index (χ1n) is 7.52. The lowest BCUT2D eigenvalue weighted by Crippen LogP contribution is -2.14. The lowest BCUT2D eigenvalue weighted by molar-refractivity contribution is -0.112. The number of anilines is 2. The summed E-state index contributed by atoms with van der Waals surface area (Å²) in [5.74, 6) is 1.05. The Morgan fingerprint density at radius 3 is 2.46 bits per heavy atom. The van der Waals surface area contributed by atoms with Crippen molar-refractivity contribution in [3.05, 3.63) is 53.1 Å². The summed E-state index contributed by atoms with van der Waals surface area (Å²) in [6.07, 6.45) is 1.78. The largest absolute Gasteiger partial charge is 0.493 e. The van der Waals surface area contributed by atoms with Crippen molar-refractivity contribution in [1.29, 1.82) is 0 Å². The molecule has 0 radical (unpaired) electrons. The van der Waals surface area contributed by atoms with Gasteiger partial charge in [-0.1, -0.05) is 12.1 Å². The van der Waals surface area contributed by atoms with E-state index in [0.29, 0.717) is 28.4 Å². The molecule has 0 aromatic heterocycles. The van der Waals surface area contributed by atoms with Gasteiger partial charge in [0.15, 0.2) is 11.5 Å². The number of benzene rings is 2. The number of ether oxygens (including phenoxy) is 2. The fourth-order valence-electron chi connectivity index (χ4n) is 2.26. The van der Waals surface area contributed by atoms with Gasteiger partial charge in [0, 0.05) is 5.57 Å². The molecule has 0 bridgehead atoms. The minimum atomic E-state index is -0.206. The lowest BCUT2D eigenvalue weighted by Gasteiger charge is -2.10. The predicted molar refractivity (Wildman–Crippen MR) is 97.4 cm³/mol. The van der Waals surface area contributed by atoms with Gasteiger partial charge in [-0.2, -0.15) is 0 Å². The highest BCUT2D eigenvalue weighted by Gasteiger charge is 2.09. The number of hydrogen-bond acceptors (Lipinski definition) is 4. The van der Waals surface area contributed by atoms with Crippen molar-refractivity contribution in [3.8, 4) is 11.5 Å². The van der Waals surface area contributed by atoms with Crippen molar-refractivity contribution in [2.75, 3.05) is 25.3 Å². The number of amides is 1. The topological polar surface area (TPSA) is 73.6 Å². The maximum atomic E-state index is 12.4. The summed E-state index contributed by atoms with van der Waals surface area (Å²) in [5, 5.41) is 2.83. The minimum absolute atomic E-state index is 0.206. The van der Waals surface area contributed by atoms with Gasteiger partial charge < -0.3 is 20.5 Å². The highest BCUT2D eigenvalue weighted by molar-refractivity contribution is 6.07. The predicted octanol–water partition coefficient (Wildman–Crippen LogP) is 3.64. The SMILES string of the molecule is COc1ccc(/C=C(\C)C(=O)Nc2cc(C)ccc2N)cc1OC. The molecule has 0 fully saturated rings. The van der Waals surface area contributed by atoms with Crippen LogP contribution in [0.25, 0.3) is 6.08 Å². The second-order valence-corrected chi connectivity index (χ2v) is 5.49. The van der Waals surface area contributed by atoms with Crippen molar-refractivity contribution < 1.29 is 14.3 Å². The van der Waals surface area contributed by atoms with E-state index in [-0.39, 0.29) is 5.91 Å². The fraction of sp³-hybridized carbons (Fsp3) is 0.211. The van der Waals surface area contributed by atoms with Crippen LogP contribution in [-0.4, -0.2) is 20.1 Å². The molecule has 0 spiro atoms. The monoisotopic (exact) mass is 326 g/mol. The van der Waals surface area contributed by atoms with Crippen LogP contribution < -0.4 is 20.5 Å². The molecule has 5 nitrogen and oxygen atoms in total. The van der Waals surface area contributed by atoms with Gasteiger partial charge >= 0.3 is 0 Å². The van der Waals surface area contributed by atoms with Gasteiger partial charge in [-0.05, 0) is 55.3 Å². The first kappa shape index (κ1) is 17.4. The van der Waals surface area contributed by atoms with Crippen molar-refractivity contribution in [1.82, 2.24) is 0 Å². The number of hydrogen-bond donors (Lipinski definition) is 2. The molecule has 3 N–H and O–H groups in total. The van der Waals surface area contributed by atoms with E-state index >= 15 is 0 Å². The average molecular weight is 326 g/mol. The third-order valence-corrected chi connectivity index (χ3v) is 3.61. The number of rotatable bonds is 5. The Bertz CT molecular complexity index is 782. The van der Waals surface area contributed by atoms with E-state index in [9.17, 15) is 4.79 Å². The summed E-state index contributed by atoms with van der Waals surface area (Å²) in [7, 11) is 3.16. The van der Waals surface area contributed by atoms with Gasteiger partial charge in [-0.25, -0.2) is 0 Å². The van der Waals surface area contributed by atoms with E-state index in [1.54, 1.807) is 39.4 Å². The van der Waals surface area contributed by atoms with Gasteiger partial charge in [0.1, 0.15) is 0 Å². The Hall–Kier alpha value is -2.95. The maximum Gasteiger partial charge on any atom is 0.251 e. The summed E-state index contributed by atoms with van der Waals surface area (Å²) < 4.78 is 10.5. The molecule has 0 aliphatic heterocycles. The molecule has 0 unspecified atom stereocenters. The molecule has 2 aromatic carbocycles. The van der Waals surface area contributed by atoms with E-state index < -0.39 is 0 Å². The normalized spacial score (nSPS) is 11.1. The first-order valence-corrected chi connectivity index (χ1v) is 7.52. The zero-order valence-corrected chi connectivity index (χ0v) is 14.3. The summed E-state index contributed by atoms with van der Waals surface area (Å²) in [6, 6.07) is 11.0. The lowest BCUT2D eigenvalue weighted by atomic mass is 10.1. The standard InChI is InChI=1S/C19H22N2O3/c1-12-5-7-15(20)16(9-12)21-19(22)13(2)10-14-6-8-17(23-3)18(11-14)24-4/h5-11H,20H2,1-4H3,(H,21,22)/b13-10+. The molecule has 0 saturated heterocycles. The average Bonchev–Trinajstić information content (AvgIpc) is 2.57. The van der Waals surface area contributed by atoms with Crippen LogP contribution in [0.2, 0.25) is 0 Å². The van der Waals surface area contributed by atoms with Crippen molar-refractivity contribution in [3.63, 3.8) is 0 Å². The fourth-order valence-corrected chi connectivity index (χ4v) is 2.26. The van der Waals surface area contributed by atoms with E-state index in [1.807, 2.05) is 31.2 Å². The molecule has 0 saturated carbocycles. The minimum Gasteiger partial charge on any atom is -0.493 e. The zero-order chi connectivity index (χ0) is 17.7. The number of methoxy groups -OCH3 is 2. The smallest absolute Gasteiger partial charge is 0.251 e. The van der Waals surface area contributed by atoms with Gasteiger partial charge in [0.05, 0.1) is 25.6 Å². The number of nitrogen functional groups attached to an aromatic ring is 1. The second kappa shape index (κ2) is 7.55. The highest BCUT2D eigenvalue weighted by Crippen LogP contribution is 2.28.